The van der Waals surface area contributed by atoms with Gasteiger partial charge in [-0.3, -0.25) is 14.5 Å². The Bertz CT molecular complexity index is 747. The van der Waals surface area contributed by atoms with Crippen LogP contribution < -0.4 is 25.4 Å². The van der Waals surface area contributed by atoms with Gasteiger partial charge in [-0.05, 0) is 11.6 Å². The number of aliphatic hydroxyl groups is 1. The Morgan fingerprint density at radius 3 is 2.37 bits per heavy atom. The van der Waals surface area contributed by atoms with Gasteiger partial charge in [-0.2, -0.15) is 14.0 Å². The van der Waals surface area contributed by atoms with Crippen LogP contribution in [0.2, 0.25) is 0 Å². The van der Waals surface area contributed by atoms with Crippen LogP contribution >= 0.6 is 11.8 Å². The van der Waals surface area contributed by atoms with E-state index in [0.29, 0.717) is 17.9 Å². The number of nitrogens with zero attached hydrogens (tertiary/aromatic N) is 2. The molecule has 30 heavy (non-hydrogen) atoms. The number of nitrogens with two attached hydrogens (primary N) is 2. The first kappa shape index (κ1) is 26.3. The zero-order chi connectivity index (χ0) is 23.4. The van der Waals surface area contributed by atoms with E-state index in [2.05, 4.69) is 0 Å². The molecule has 0 aliphatic carbocycles. The molecule has 2 rings (SSSR count). The number of primary amides is 1. The Labute approximate surface area is 178 Å². The van der Waals surface area contributed by atoms with Crippen molar-refractivity contribution in [2.75, 3.05) is 33.0 Å². The molecule has 2 aliphatic heterocycles. The van der Waals surface area contributed by atoms with Gasteiger partial charge in [0.1, 0.15) is 23.7 Å². The van der Waals surface area contributed by atoms with Crippen molar-refractivity contribution in [1.82, 2.24) is 4.90 Å². The lowest BCUT2D eigenvalue weighted by Crippen LogP contribution is -2.68. The van der Waals surface area contributed by atoms with Crippen LogP contribution in [0.3, 0.4) is 0 Å². The fourth-order valence-electron chi connectivity index (χ4n) is 2.92. The van der Waals surface area contributed by atoms with E-state index >= 15 is 0 Å². The van der Waals surface area contributed by atoms with E-state index in [-0.39, 0.29) is 22.2 Å². The van der Waals surface area contributed by atoms with Gasteiger partial charge in [0, 0.05) is 5.75 Å². The molecule has 0 unspecified atom stereocenters. The molecule has 7 N–H and O–H groups in total. The molecule has 170 valence electrons. The number of hydrogen-bond donors (Lipinski definition) is 5. The molecule has 15 heteroatoms. The number of allylic oxidation sites excluding steroid dienone is 1. The number of thioether (sulfide) groups is 1. The van der Waals surface area contributed by atoms with Gasteiger partial charge >= 0.3 is 5.97 Å². The summed E-state index contributed by atoms with van der Waals surface area (Å²) in [6, 6.07) is -1.43. The smallest absolute Gasteiger partial charge is 0.352 e. The Morgan fingerprint density at radius 2 is 1.93 bits per heavy atom. The minimum Gasteiger partial charge on any atom is -0.477 e. The maximum absolute atomic E-state index is 11.9. The molecule has 2 aliphatic rings. The van der Waals surface area contributed by atoms with E-state index in [1.807, 2.05) is 0 Å². The first-order valence-electron chi connectivity index (χ1n) is 8.31. The molecule has 0 aromatic carbocycles. The van der Waals surface area contributed by atoms with Crippen LogP contribution in [-0.2, 0) is 14.4 Å². The fourth-order valence-corrected chi connectivity index (χ4v) is 4.18. The number of aliphatic hydroxyl groups excluding tert-OH is 1. The first-order chi connectivity index (χ1) is 13.6. The summed E-state index contributed by atoms with van der Waals surface area (Å²) in [4.78, 5) is 36.1. The Kier molecular flexibility index (Phi) is 8.80. The predicted octanol–water partition coefficient (Wildman–Crippen LogP) is -6.08. The average Bonchev–Trinajstić information content (AvgIpc) is 2.58. The van der Waals surface area contributed by atoms with Crippen LogP contribution in [0.25, 0.3) is 0 Å². The largest absolute Gasteiger partial charge is 0.477 e. The number of likely N-dealkylation sites (N-methyl/N-ethyl adjacent to an activating group) is 1. The lowest BCUT2D eigenvalue weighted by atomic mass is 10.0. The number of halogens is 1. The topological polar surface area (TPSA) is 236 Å². The third-order valence-electron chi connectivity index (χ3n) is 4.48. The highest BCUT2D eigenvalue weighted by atomic mass is 35.7. The molecule has 0 spiro atoms. The number of fused-ring (bicyclic) bond motifs is 1. The number of carbonyl (C=O) groups is 3. The third-order valence-corrected chi connectivity index (χ3v) is 5.80. The molecule has 1 fully saturated rings. The van der Waals surface area contributed by atoms with Crippen molar-refractivity contribution < 1.29 is 58.0 Å². The number of carboxylic acids is 1. The van der Waals surface area contributed by atoms with Crippen LogP contribution in [0.15, 0.2) is 23.4 Å². The maximum atomic E-state index is 11.9. The van der Waals surface area contributed by atoms with E-state index in [9.17, 15) is 24.6 Å². The zero-order valence-corrected chi connectivity index (χ0v) is 17.7. The molecule has 0 aromatic heterocycles. The normalized spacial score (nSPS) is 22.8. The number of carboxylic acid groups (broad SMARTS) is 1. The number of β-lactam (4-membered cyclic amide) rings is 1. The van der Waals surface area contributed by atoms with Gasteiger partial charge in [0.2, 0.25) is 5.91 Å². The second kappa shape index (κ2) is 10.0. The van der Waals surface area contributed by atoms with Gasteiger partial charge in [-0.25, -0.2) is 4.79 Å². The summed E-state index contributed by atoms with van der Waals surface area (Å²) in [7, 11) is -1.21. The standard InChI is InChI=1S/C15H22N4O5S.ClHO4/c1-19(2,9(6-20)12(17)21)5-3-4-8-7-25-14-10(16)13(22)18(14)11(8)15(23)24;2-1(3,4)5/h3-4,9-10,14,20H,5-7,16H2,1-2H3,(H2-,17,21,23,24);(H,2,3,4,5)/p+1/b4-3+;/t9-,10-,14-;/m1./s1. The van der Waals surface area contributed by atoms with Crippen LogP contribution in [0.4, 0.5) is 0 Å². The molecule has 2 heterocycles. The van der Waals surface area contributed by atoms with Crippen molar-refractivity contribution in [3.63, 3.8) is 0 Å². The Hall–Kier alpha value is -1.75. The van der Waals surface area contributed by atoms with Gasteiger partial charge in [-0.15, -0.1) is 11.8 Å². The van der Waals surface area contributed by atoms with E-state index in [1.165, 1.54) is 16.7 Å². The van der Waals surface area contributed by atoms with Crippen molar-refractivity contribution in [2.45, 2.75) is 17.5 Å². The Balaban J connectivity index is 0.000000804. The lowest BCUT2D eigenvalue weighted by Gasteiger charge is -2.47. The van der Waals surface area contributed by atoms with Crippen LogP contribution in [0.5, 0.6) is 0 Å². The monoisotopic (exact) mass is 471 g/mol. The van der Waals surface area contributed by atoms with Crippen molar-refractivity contribution in [3.05, 3.63) is 23.4 Å². The molecule has 13 nitrogen and oxygen atoms in total. The minimum atomic E-state index is -4.69. The molecular formula is C15H24ClN4O9S+. The number of carbonyl (C=O) groups excluding carboxylic acids is 2. The van der Waals surface area contributed by atoms with E-state index in [1.54, 1.807) is 26.2 Å². The summed E-state index contributed by atoms with van der Waals surface area (Å²) < 4.78 is 32.8. The molecule has 0 bridgehead atoms. The van der Waals surface area contributed by atoms with Gasteiger partial charge < -0.3 is 26.2 Å². The molecule has 0 saturated carbocycles. The summed E-state index contributed by atoms with van der Waals surface area (Å²) in [6.07, 6.45) is 3.36. The highest BCUT2D eigenvalue weighted by molar-refractivity contribution is 8.00. The molecule has 3 atom stereocenters. The quantitative estimate of drug-likeness (QED) is 0.173. The van der Waals surface area contributed by atoms with Gasteiger partial charge in [0.25, 0.3) is 5.91 Å². The minimum absolute atomic E-state index is 0.0504. The van der Waals surface area contributed by atoms with Crippen LogP contribution in [-0.4, -0.2) is 92.5 Å². The van der Waals surface area contributed by atoms with E-state index < -0.39 is 40.1 Å². The second-order valence-electron chi connectivity index (χ2n) is 6.97. The average molecular weight is 472 g/mol. The maximum Gasteiger partial charge on any atom is 0.352 e. The van der Waals surface area contributed by atoms with Gasteiger partial charge in [0.05, 0.1) is 35.5 Å². The van der Waals surface area contributed by atoms with Crippen LogP contribution in [0, 0.1) is 10.2 Å². The van der Waals surface area contributed by atoms with Crippen molar-refractivity contribution in [3.8, 4) is 0 Å². The SMILES string of the molecule is C[N+](C)(C/C=C/C1=C(C(=O)O)N2C(=O)[C@@H](N)[C@H]2SC1)[C@H](CO)C(N)=O.[O-][Cl+3]([O-])([O-])O. The second-order valence-corrected chi connectivity index (χ2v) is 8.87. The molecule has 0 radical (unpaired) electrons. The predicted molar refractivity (Wildman–Crippen MR) is 94.1 cm³/mol. The van der Waals surface area contributed by atoms with Crippen molar-refractivity contribution in [2.24, 2.45) is 11.5 Å². The highest BCUT2D eigenvalue weighted by Gasteiger charge is 2.51. The van der Waals surface area contributed by atoms with Crippen molar-refractivity contribution >= 4 is 29.5 Å². The molecular weight excluding hydrogens is 448 g/mol. The van der Waals surface area contributed by atoms with Crippen molar-refractivity contribution in [1.29, 1.82) is 0 Å². The van der Waals surface area contributed by atoms with Gasteiger partial charge in [0.15, 0.2) is 6.04 Å². The number of quaternary nitrogens is 1. The number of aliphatic carboxylic acids is 1. The number of rotatable bonds is 7. The van der Waals surface area contributed by atoms with E-state index in [4.69, 9.17) is 30.1 Å². The van der Waals surface area contributed by atoms with E-state index in [0.717, 1.165) is 0 Å². The number of amides is 2. The summed E-state index contributed by atoms with van der Waals surface area (Å²) in [5, 5.41) is 18.5. The summed E-state index contributed by atoms with van der Waals surface area (Å²) in [6.45, 7) is -0.0247. The fraction of sp³-hybridized carbons (Fsp3) is 0.533. The zero-order valence-electron chi connectivity index (χ0n) is 16.1. The molecule has 0 aromatic rings. The number of hydrogen-bond acceptors (Lipinski definition) is 10. The van der Waals surface area contributed by atoms with Crippen LogP contribution in [0.1, 0.15) is 0 Å². The lowest BCUT2D eigenvalue weighted by molar-refractivity contribution is -1.92. The summed E-state index contributed by atoms with van der Waals surface area (Å²) >= 11 is 1.42. The third kappa shape index (κ3) is 6.63. The first-order valence-corrected chi connectivity index (χ1v) is 10.6. The highest BCUT2D eigenvalue weighted by Crippen LogP contribution is 2.39. The Morgan fingerprint density at radius 1 is 1.40 bits per heavy atom. The molecule has 2 amide bonds. The summed E-state index contributed by atoms with van der Waals surface area (Å²) in [5.41, 5.74) is 11.5. The van der Waals surface area contributed by atoms with Gasteiger partial charge in [-0.1, -0.05) is 6.08 Å². The molecule has 1 saturated heterocycles. The summed E-state index contributed by atoms with van der Waals surface area (Å²) in [5.74, 6) is -1.76.